The molecular weight excluding hydrogens is 329 g/mol. The van der Waals surface area contributed by atoms with Crippen molar-refractivity contribution in [3.8, 4) is 0 Å². The van der Waals surface area contributed by atoms with Crippen LogP contribution >= 0.6 is 15.9 Å². The largest absolute Gasteiger partial charge is 0.316 e. The van der Waals surface area contributed by atoms with Crippen molar-refractivity contribution in [3.63, 3.8) is 0 Å². The standard InChI is InChI=1S/C18H29BrFN/c1-4-7-10-18(6-3,14-21-11-5-2)13-15-12-16(20)8-9-17(15)19/h8-9,12,21H,4-7,10-11,13-14H2,1-3H3. The molecule has 1 N–H and O–H groups in total. The molecule has 0 aromatic heterocycles. The molecule has 1 rings (SSSR count). The lowest BCUT2D eigenvalue weighted by Crippen LogP contribution is -2.36. The Morgan fingerprint density at radius 3 is 2.57 bits per heavy atom. The molecule has 1 atom stereocenters. The van der Waals surface area contributed by atoms with Crippen molar-refractivity contribution in [3.05, 3.63) is 34.1 Å². The predicted molar refractivity (Wildman–Crippen MR) is 93.2 cm³/mol. The molecule has 1 aromatic carbocycles. The van der Waals surface area contributed by atoms with E-state index in [9.17, 15) is 4.39 Å². The Balaban J connectivity index is 2.90. The van der Waals surface area contributed by atoms with Crippen LogP contribution in [0, 0.1) is 11.2 Å². The smallest absolute Gasteiger partial charge is 0.123 e. The molecule has 1 unspecified atom stereocenters. The number of unbranched alkanes of at least 4 members (excludes halogenated alkanes) is 1. The summed E-state index contributed by atoms with van der Waals surface area (Å²) < 4.78 is 14.6. The third kappa shape index (κ3) is 6.07. The van der Waals surface area contributed by atoms with Crippen molar-refractivity contribution in [2.75, 3.05) is 13.1 Å². The summed E-state index contributed by atoms with van der Waals surface area (Å²) in [6, 6.07) is 5.02. The average molecular weight is 358 g/mol. The fourth-order valence-corrected chi connectivity index (χ4v) is 3.22. The molecule has 1 nitrogen and oxygen atoms in total. The average Bonchev–Trinajstić information content (AvgIpc) is 2.48. The van der Waals surface area contributed by atoms with Gasteiger partial charge in [-0.1, -0.05) is 49.5 Å². The first-order valence-corrected chi connectivity index (χ1v) is 9.01. The van der Waals surface area contributed by atoms with Gasteiger partial charge < -0.3 is 5.32 Å². The van der Waals surface area contributed by atoms with Crippen LogP contribution in [0.1, 0.15) is 58.4 Å². The molecule has 0 fully saturated rings. The summed E-state index contributed by atoms with van der Waals surface area (Å²) in [5.74, 6) is -0.143. The highest BCUT2D eigenvalue weighted by Gasteiger charge is 2.28. The van der Waals surface area contributed by atoms with E-state index in [-0.39, 0.29) is 11.2 Å². The lowest BCUT2D eigenvalue weighted by atomic mass is 9.75. The third-order valence-electron chi connectivity index (χ3n) is 4.31. The van der Waals surface area contributed by atoms with E-state index in [1.165, 1.54) is 25.3 Å². The Hall–Kier alpha value is -0.410. The molecule has 0 spiro atoms. The molecule has 0 aliphatic rings. The number of benzene rings is 1. The number of halogens is 2. The van der Waals surface area contributed by atoms with Crippen molar-refractivity contribution in [1.29, 1.82) is 0 Å². The minimum absolute atomic E-state index is 0.143. The summed E-state index contributed by atoms with van der Waals surface area (Å²) in [5, 5.41) is 3.58. The van der Waals surface area contributed by atoms with Gasteiger partial charge in [0, 0.05) is 11.0 Å². The van der Waals surface area contributed by atoms with E-state index in [0.29, 0.717) is 0 Å². The fraction of sp³-hybridized carbons (Fsp3) is 0.667. The second-order valence-electron chi connectivity index (χ2n) is 6.05. The maximum absolute atomic E-state index is 13.5. The van der Waals surface area contributed by atoms with Crippen LogP contribution < -0.4 is 5.32 Å². The first kappa shape index (κ1) is 18.6. The topological polar surface area (TPSA) is 12.0 Å². The zero-order valence-electron chi connectivity index (χ0n) is 13.6. The predicted octanol–water partition coefficient (Wildman–Crippen LogP) is 5.72. The Bertz CT molecular complexity index is 422. The van der Waals surface area contributed by atoms with Crippen LogP contribution in [-0.2, 0) is 6.42 Å². The fourth-order valence-electron chi connectivity index (χ4n) is 2.83. The van der Waals surface area contributed by atoms with Gasteiger partial charge in [-0.25, -0.2) is 4.39 Å². The van der Waals surface area contributed by atoms with Crippen molar-refractivity contribution < 1.29 is 4.39 Å². The second-order valence-corrected chi connectivity index (χ2v) is 6.90. The highest BCUT2D eigenvalue weighted by atomic mass is 79.9. The van der Waals surface area contributed by atoms with Gasteiger partial charge in [-0.05, 0) is 61.4 Å². The molecule has 3 heteroatoms. The maximum Gasteiger partial charge on any atom is 0.123 e. The molecule has 1 aromatic rings. The van der Waals surface area contributed by atoms with Gasteiger partial charge in [0.25, 0.3) is 0 Å². The van der Waals surface area contributed by atoms with Gasteiger partial charge in [0.15, 0.2) is 0 Å². The molecule has 0 aliphatic carbocycles. The molecule has 21 heavy (non-hydrogen) atoms. The van der Waals surface area contributed by atoms with Crippen LogP contribution in [0.3, 0.4) is 0 Å². The number of rotatable bonds is 10. The molecule has 0 saturated heterocycles. The molecule has 0 radical (unpaired) electrons. The van der Waals surface area contributed by atoms with E-state index in [4.69, 9.17) is 0 Å². The summed E-state index contributed by atoms with van der Waals surface area (Å²) in [6.45, 7) is 8.75. The molecule has 0 amide bonds. The van der Waals surface area contributed by atoms with Crippen molar-refractivity contribution in [2.45, 2.75) is 59.3 Å². The zero-order valence-corrected chi connectivity index (χ0v) is 15.2. The molecule has 120 valence electrons. The Morgan fingerprint density at radius 2 is 1.95 bits per heavy atom. The van der Waals surface area contributed by atoms with Crippen LogP contribution in [0.2, 0.25) is 0 Å². The van der Waals surface area contributed by atoms with Crippen molar-refractivity contribution in [2.24, 2.45) is 5.41 Å². The summed E-state index contributed by atoms with van der Waals surface area (Å²) in [5.41, 5.74) is 1.31. The lowest BCUT2D eigenvalue weighted by Gasteiger charge is -2.34. The highest BCUT2D eigenvalue weighted by Crippen LogP contribution is 2.35. The summed E-state index contributed by atoms with van der Waals surface area (Å²) in [6.07, 6.45) is 6.83. The lowest BCUT2D eigenvalue weighted by molar-refractivity contribution is 0.229. The van der Waals surface area contributed by atoms with Crippen LogP contribution in [0.5, 0.6) is 0 Å². The monoisotopic (exact) mass is 357 g/mol. The van der Waals surface area contributed by atoms with Crippen LogP contribution in [0.4, 0.5) is 4.39 Å². The highest BCUT2D eigenvalue weighted by molar-refractivity contribution is 9.10. The second kappa shape index (κ2) is 9.58. The van der Waals surface area contributed by atoms with Crippen LogP contribution in [0.25, 0.3) is 0 Å². The molecular formula is C18H29BrFN. The number of hydrogen-bond acceptors (Lipinski definition) is 1. The summed E-state index contributed by atoms with van der Waals surface area (Å²) in [4.78, 5) is 0. The Kier molecular flexibility index (Phi) is 8.50. The third-order valence-corrected chi connectivity index (χ3v) is 5.08. The Labute approximate surface area is 137 Å². The Morgan fingerprint density at radius 1 is 1.19 bits per heavy atom. The van der Waals surface area contributed by atoms with E-state index in [1.807, 2.05) is 6.07 Å². The van der Waals surface area contributed by atoms with Crippen molar-refractivity contribution >= 4 is 15.9 Å². The van der Waals surface area contributed by atoms with Crippen LogP contribution in [-0.4, -0.2) is 13.1 Å². The van der Waals surface area contributed by atoms with E-state index < -0.39 is 0 Å². The minimum atomic E-state index is -0.143. The van der Waals surface area contributed by atoms with E-state index in [0.717, 1.165) is 42.4 Å². The van der Waals surface area contributed by atoms with Gasteiger partial charge in [0.05, 0.1) is 0 Å². The number of nitrogens with one attached hydrogen (secondary N) is 1. The molecule has 0 aliphatic heterocycles. The maximum atomic E-state index is 13.5. The van der Waals surface area contributed by atoms with Crippen LogP contribution in [0.15, 0.2) is 22.7 Å². The summed E-state index contributed by atoms with van der Waals surface area (Å²) >= 11 is 3.58. The normalized spacial score (nSPS) is 14.1. The molecule has 0 bridgehead atoms. The number of hydrogen-bond donors (Lipinski definition) is 1. The first-order chi connectivity index (χ1) is 10.1. The van der Waals surface area contributed by atoms with Gasteiger partial charge in [-0.3, -0.25) is 0 Å². The van der Waals surface area contributed by atoms with Gasteiger partial charge >= 0.3 is 0 Å². The summed E-state index contributed by atoms with van der Waals surface area (Å²) in [7, 11) is 0. The van der Waals surface area contributed by atoms with E-state index in [1.54, 1.807) is 6.07 Å². The first-order valence-electron chi connectivity index (χ1n) is 8.21. The quantitative estimate of drug-likeness (QED) is 0.528. The van der Waals surface area contributed by atoms with E-state index in [2.05, 4.69) is 42.0 Å². The van der Waals surface area contributed by atoms with Crippen molar-refractivity contribution in [1.82, 2.24) is 5.32 Å². The van der Waals surface area contributed by atoms with Gasteiger partial charge in [-0.2, -0.15) is 0 Å². The van der Waals surface area contributed by atoms with Gasteiger partial charge in [0.1, 0.15) is 5.82 Å². The molecule has 0 heterocycles. The SMILES string of the molecule is CCCCC(CC)(CNCCC)Cc1cc(F)ccc1Br. The minimum Gasteiger partial charge on any atom is -0.316 e. The van der Waals surface area contributed by atoms with Gasteiger partial charge in [0.2, 0.25) is 0 Å². The van der Waals surface area contributed by atoms with Gasteiger partial charge in [-0.15, -0.1) is 0 Å². The molecule has 0 saturated carbocycles. The zero-order chi connectivity index (χ0) is 15.7. The van der Waals surface area contributed by atoms with E-state index >= 15 is 0 Å².